The number of hydrogen-bond donors (Lipinski definition) is 1. The average molecular weight is 432 g/mol. The third kappa shape index (κ3) is 4.51. The molecule has 2 rings (SSSR count). The molecule has 1 amide bonds. The maximum atomic E-state index is 12.6. The van der Waals surface area contributed by atoms with Crippen molar-refractivity contribution in [2.75, 3.05) is 14.2 Å². The molecular formula is C17H20BrF2N3O3. The number of halogens is 3. The van der Waals surface area contributed by atoms with Gasteiger partial charge in [-0.2, -0.15) is 13.9 Å². The summed E-state index contributed by atoms with van der Waals surface area (Å²) in [6, 6.07) is 4.63. The first-order valence-corrected chi connectivity index (χ1v) is 8.64. The van der Waals surface area contributed by atoms with Gasteiger partial charge in [0, 0.05) is 13.6 Å². The molecule has 2 aromatic rings. The molecule has 0 aliphatic carbocycles. The lowest BCUT2D eigenvalue weighted by atomic mass is 10.1. The summed E-state index contributed by atoms with van der Waals surface area (Å²) in [4.78, 5) is 14.1. The van der Waals surface area contributed by atoms with Gasteiger partial charge in [-0.15, -0.1) is 0 Å². The molecule has 142 valence electrons. The minimum atomic E-state index is -2.96. The lowest BCUT2D eigenvalue weighted by Gasteiger charge is -2.18. The van der Waals surface area contributed by atoms with Gasteiger partial charge in [0.05, 0.1) is 17.3 Å². The van der Waals surface area contributed by atoms with E-state index in [1.54, 1.807) is 13.1 Å². The Morgan fingerprint density at radius 1 is 1.35 bits per heavy atom. The molecule has 26 heavy (non-hydrogen) atoms. The number of amides is 1. The van der Waals surface area contributed by atoms with Crippen molar-refractivity contribution >= 4 is 21.8 Å². The summed E-state index contributed by atoms with van der Waals surface area (Å²) < 4.78 is 35.2. The van der Waals surface area contributed by atoms with Crippen LogP contribution in [0.15, 0.2) is 22.7 Å². The molecule has 9 heteroatoms. The second-order valence-electron chi connectivity index (χ2n) is 5.98. The SMILES string of the molecule is COc1ccc(CN(C)C(=O)c2n[nH]c(C(C)C)c2Br)cc1OC(F)F. The fourth-order valence-electron chi connectivity index (χ4n) is 2.40. The Hall–Kier alpha value is -2.16. The minimum absolute atomic E-state index is 0.0797. The molecule has 0 bridgehead atoms. The van der Waals surface area contributed by atoms with Crippen LogP contribution in [0.5, 0.6) is 11.5 Å². The molecule has 1 aromatic heterocycles. The molecule has 1 heterocycles. The van der Waals surface area contributed by atoms with Crippen LogP contribution in [0, 0.1) is 0 Å². The normalized spacial score (nSPS) is 11.1. The number of ether oxygens (including phenoxy) is 2. The maximum Gasteiger partial charge on any atom is 0.387 e. The molecule has 0 spiro atoms. The van der Waals surface area contributed by atoms with E-state index in [9.17, 15) is 13.6 Å². The van der Waals surface area contributed by atoms with Crippen molar-refractivity contribution in [2.24, 2.45) is 0 Å². The molecule has 0 unspecified atom stereocenters. The Kier molecular flexibility index (Phi) is 6.57. The fourth-order valence-corrected chi connectivity index (χ4v) is 3.20. The van der Waals surface area contributed by atoms with Gasteiger partial charge in [-0.25, -0.2) is 0 Å². The number of H-pyrrole nitrogens is 1. The van der Waals surface area contributed by atoms with E-state index in [-0.39, 0.29) is 35.6 Å². The van der Waals surface area contributed by atoms with E-state index in [1.165, 1.54) is 24.1 Å². The summed E-state index contributed by atoms with van der Waals surface area (Å²) in [5, 5.41) is 6.93. The lowest BCUT2D eigenvalue weighted by molar-refractivity contribution is -0.0512. The number of methoxy groups -OCH3 is 1. The molecule has 0 saturated heterocycles. The molecular weight excluding hydrogens is 412 g/mol. The summed E-state index contributed by atoms with van der Waals surface area (Å²) in [5.74, 6) is -0.00455. The van der Waals surface area contributed by atoms with Gasteiger partial charge in [-0.1, -0.05) is 19.9 Å². The van der Waals surface area contributed by atoms with E-state index in [1.807, 2.05) is 13.8 Å². The summed E-state index contributed by atoms with van der Waals surface area (Å²) in [7, 11) is 2.97. The lowest BCUT2D eigenvalue weighted by Crippen LogP contribution is -2.27. The van der Waals surface area contributed by atoms with Crippen LogP contribution in [0.4, 0.5) is 8.78 Å². The summed E-state index contributed by atoms with van der Waals surface area (Å²) in [6.45, 7) is 1.20. The number of nitrogens with one attached hydrogen (secondary N) is 1. The van der Waals surface area contributed by atoms with E-state index < -0.39 is 6.61 Å². The largest absolute Gasteiger partial charge is 0.493 e. The van der Waals surface area contributed by atoms with Crippen LogP contribution in [-0.2, 0) is 6.54 Å². The molecule has 1 N–H and O–H groups in total. The number of carbonyl (C=O) groups is 1. The molecule has 0 aliphatic rings. The van der Waals surface area contributed by atoms with Gasteiger partial charge < -0.3 is 14.4 Å². The Balaban J connectivity index is 2.18. The monoisotopic (exact) mass is 431 g/mol. The Morgan fingerprint density at radius 3 is 2.58 bits per heavy atom. The molecule has 0 aliphatic heterocycles. The highest BCUT2D eigenvalue weighted by Gasteiger charge is 2.22. The van der Waals surface area contributed by atoms with Crippen molar-refractivity contribution < 1.29 is 23.0 Å². The minimum Gasteiger partial charge on any atom is -0.493 e. The summed E-state index contributed by atoms with van der Waals surface area (Å²) >= 11 is 3.40. The quantitative estimate of drug-likeness (QED) is 0.713. The smallest absolute Gasteiger partial charge is 0.387 e. The second-order valence-corrected chi connectivity index (χ2v) is 6.77. The van der Waals surface area contributed by atoms with Crippen molar-refractivity contribution in [3.8, 4) is 11.5 Å². The highest BCUT2D eigenvalue weighted by molar-refractivity contribution is 9.10. The van der Waals surface area contributed by atoms with Crippen LogP contribution in [0.25, 0.3) is 0 Å². The van der Waals surface area contributed by atoms with Crippen molar-refractivity contribution in [1.82, 2.24) is 15.1 Å². The number of alkyl halides is 2. The molecule has 6 nitrogen and oxygen atoms in total. The number of hydrogen-bond acceptors (Lipinski definition) is 4. The van der Waals surface area contributed by atoms with Crippen LogP contribution < -0.4 is 9.47 Å². The van der Waals surface area contributed by atoms with Gasteiger partial charge in [0.2, 0.25) is 0 Å². The number of rotatable bonds is 7. The zero-order valence-corrected chi connectivity index (χ0v) is 16.4. The maximum absolute atomic E-state index is 12.6. The van der Waals surface area contributed by atoms with Crippen LogP contribution in [0.2, 0.25) is 0 Å². The molecule has 1 aromatic carbocycles. The van der Waals surface area contributed by atoms with Crippen molar-refractivity contribution in [3.05, 3.63) is 39.6 Å². The first kappa shape index (κ1) is 20.2. The van der Waals surface area contributed by atoms with E-state index in [2.05, 4.69) is 30.9 Å². The fraction of sp³-hybridized carbons (Fsp3) is 0.412. The first-order chi connectivity index (χ1) is 12.2. The number of carbonyl (C=O) groups excluding carboxylic acids is 1. The van der Waals surface area contributed by atoms with E-state index in [0.717, 1.165) is 5.69 Å². The van der Waals surface area contributed by atoms with Crippen LogP contribution in [0.1, 0.15) is 41.5 Å². The van der Waals surface area contributed by atoms with Crippen LogP contribution in [0.3, 0.4) is 0 Å². The Bertz CT molecular complexity index is 781. The van der Waals surface area contributed by atoms with Gasteiger partial charge in [-0.3, -0.25) is 9.89 Å². The highest BCUT2D eigenvalue weighted by atomic mass is 79.9. The van der Waals surface area contributed by atoms with Gasteiger partial charge in [-0.05, 0) is 39.5 Å². The number of benzene rings is 1. The predicted octanol–water partition coefficient (Wildman–Crippen LogP) is 4.18. The summed E-state index contributed by atoms with van der Waals surface area (Å²) in [5.41, 5.74) is 1.72. The molecule has 0 atom stereocenters. The van der Waals surface area contributed by atoms with Crippen molar-refractivity contribution in [3.63, 3.8) is 0 Å². The third-order valence-corrected chi connectivity index (χ3v) is 4.53. The number of nitrogens with zero attached hydrogens (tertiary/aromatic N) is 2. The highest BCUT2D eigenvalue weighted by Crippen LogP contribution is 2.30. The Morgan fingerprint density at radius 2 is 2.04 bits per heavy atom. The topological polar surface area (TPSA) is 67.5 Å². The zero-order chi connectivity index (χ0) is 19.4. The third-order valence-electron chi connectivity index (χ3n) is 3.72. The summed E-state index contributed by atoms with van der Waals surface area (Å²) in [6.07, 6.45) is 0. The van der Waals surface area contributed by atoms with Crippen LogP contribution >= 0.6 is 15.9 Å². The van der Waals surface area contributed by atoms with Crippen molar-refractivity contribution in [2.45, 2.75) is 32.9 Å². The van der Waals surface area contributed by atoms with Gasteiger partial charge in [0.25, 0.3) is 5.91 Å². The number of aromatic nitrogens is 2. The average Bonchev–Trinajstić information content (AvgIpc) is 2.95. The molecule has 0 saturated carbocycles. The number of aromatic amines is 1. The van der Waals surface area contributed by atoms with E-state index in [4.69, 9.17) is 4.74 Å². The van der Waals surface area contributed by atoms with E-state index in [0.29, 0.717) is 10.0 Å². The first-order valence-electron chi connectivity index (χ1n) is 7.85. The Labute approximate surface area is 158 Å². The van der Waals surface area contributed by atoms with E-state index >= 15 is 0 Å². The predicted molar refractivity (Wildman–Crippen MR) is 95.8 cm³/mol. The van der Waals surface area contributed by atoms with Gasteiger partial charge in [0.15, 0.2) is 17.2 Å². The molecule has 0 radical (unpaired) electrons. The molecule has 0 fully saturated rings. The standard InChI is InChI=1S/C17H20BrF2N3O3/c1-9(2)14-13(18)15(22-21-14)16(24)23(3)8-10-5-6-11(25-4)12(7-10)26-17(19)20/h5-7,9,17H,8H2,1-4H3,(H,21,22). The van der Waals surface area contributed by atoms with Gasteiger partial charge in [0.1, 0.15) is 0 Å². The second kappa shape index (κ2) is 8.48. The van der Waals surface area contributed by atoms with Crippen molar-refractivity contribution in [1.29, 1.82) is 0 Å². The van der Waals surface area contributed by atoms with Crippen LogP contribution in [-0.4, -0.2) is 41.8 Å². The zero-order valence-electron chi connectivity index (χ0n) is 14.8. The van der Waals surface area contributed by atoms with Gasteiger partial charge >= 0.3 is 6.61 Å².